The Labute approximate surface area is 152 Å². The average molecular weight is 360 g/mol. The molecule has 25 heavy (non-hydrogen) atoms. The Kier molecular flexibility index (Phi) is 5.89. The van der Waals surface area contributed by atoms with E-state index in [4.69, 9.17) is 11.6 Å². The quantitative estimate of drug-likeness (QED) is 0.862. The monoisotopic (exact) mass is 359 g/mol. The van der Waals surface area contributed by atoms with E-state index in [-0.39, 0.29) is 17.7 Å². The van der Waals surface area contributed by atoms with Crippen molar-refractivity contribution in [2.45, 2.75) is 32.4 Å². The molecule has 1 aromatic carbocycles. The molecule has 2 N–H and O–H groups in total. The molecule has 2 aromatic rings. The van der Waals surface area contributed by atoms with Gasteiger partial charge in [-0.1, -0.05) is 36.2 Å². The van der Waals surface area contributed by atoms with E-state index >= 15 is 0 Å². The van der Waals surface area contributed by atoms with Crippen LogP contribution in [0.3, 0.4) is 0 Å². The van der Waals surface area contributed by atoms with E-state index in [1.54, 1.807) is 12.1 Å². The fourth-order valence-corrected chi connectivity index (χ4v) is 3.26. The van der Waals surface area contributed by atoms with Gasteiger partial charge in [-0.25, -0.2) is 0 Å². The van der Waals surface area contributed by atoms with E-state index in [0.29, 0.717) is 5.02 Å². The number of carbonyl (C=O) groups is 1. The first-order valence-electron chi connectivity index (χ1n) is 8.59. The molecule has 0 spiro atoms. The Morgan fingerprint density at radius 1 is 1.12 bits per heavy atom. The molecule has 1 fully saturated rings. The molecule has 0 saturated carbocycles. The number of hydrogen-bond acceptors (Lipinski definition) is 3. The molecule has 5 nitrogen and oxygen atoms in total. The van der Waals surface area contributed by atoms with Gasteiger partial charge in [0, 0.05) is 23.8 Å². The van der Waals surface area contributed by atoms with E-state index in [1.165, 1.54) is 19.3 Å². The molecule has 0 aliphatic carbocycles. The average Bonchev–Trinajstić information content (AvgIpc) is 2.62. The third kappa shape index (κ3) is 4.71. The number of nitrogens with one attached hydrogen (secondary N) is 2. The van der Waals surface area contributed by atoms with Gasteiger partial charge in [0.05, 0.1) is 0 Å². The first-order chi connectivity index (χ1) is 12.1. The zero-order valence-corrected chi connectivity index (χ0v) is 14.8. The summed E-state index contributed by atoms with van der Waals surface area (Å²) >= 11 is 6.07. The Balaban J connectivity index is 1.62. The van der Waals surface area contributed by atoms with Crippen molar-refractivity contribution in [3.8, 4) is 0 Å². The highest BCUT2D eigenvalue weighted by molar-refractivity contribution is 6.31. The smallest absolute Gasteiger partial charge is 0.261 e. The summed E-state index contributed by atoms with van der Waals surface area (Å²) in [6, 6.07) is 10.7. The number of halogens is 1. The number of amides is 1. The minimum Gasteiger partial charge on any atom is -0.348 e. The summed E-state index contributed by atoms with van der Waals surface area (Å²) in [5.74, 6) is -0.398. The molecule has 0 radical (unpaired) electrons. The number of likely N-dealkylation sites (tertiary alicyclic amines) is 1. The molecule has 0 atom stereocenters. The normalized spacial score (nSPS) is 15.1. The molecule has 1 aromatic heterocycles. The minimum atomic E-state index is -0.398. The van der Waals surface area contributed by atoms with Crippen LogP contribution in [0.4, 0.5) is 0 Å². The predicted octanol–water partition coefficient (Wildman–Crippen LogP) is 2.94. The SMILES string of the molecule is O=C(NCc1ccccc1Cl)c1ccc(CN2CCCCC2)[nH]c1=O. The van der Waals surface area contributed by atoms with Gasteiger partial charge >= 0.3 is 0 Å². The molecule has 1 saturated heterocycles. The fraction of sp³-hybridized carbons (Fsp3) is 0.368. The third-order valence-corrected chi connectivity index (χ3v) is 4.82. The van der Waals surface area contributed by atoms with Gasteiger partial charge < -0.3 is 10.3 Å². The number of pyridine rings is 1. The Morgan fingerprint density at radius 2 is 1.88 bits per heavy atom. The zero-order valence-electron chi connectivity index (χ0n) is 14.1. The van der Waals surface area contributed by atoms with Gasteiger partial charge in [-0.2, -0.15) is 0 Å². The standard InChI is InChI=1S/C19H22ClN3O2/c20-17-7-3-2-6-14(17)12-21-18(24)16-9-8-15(22-19(16)25)13-23-10-4-1-5-11-23/h2-3,6-9H,1,4-5,10-13H2,(H,21,24)(H,22,25). The number of H-pyrrole nitrogens is 1. The molecule has 0 bridgehead atoms. The fourth-order valence-electron chi connectivity index (χ4n) is 3.06. The van der Waals surface area contributed by atoms with E-state index < -0.39 is 5.91 Å². The lowest BCUT2D eigenvalue weighted by atomic mass is 10.1. The van der Waals surface area contributed by atoms with Gasteiger partial charge in [0.25, 0.3) is 11.5 Å². The van der Waals surface area contributed by atoms with Crippen LogP contribution in [0.5, 0.6) is 0 Å². The second kappa shape index (κ2) is 8.32. The number of piperidine rings is 1. The first kappa shape index (κ1) is 17.7. The summed E-state index contributed by atoms with van der Waals surface area (Å²) in [4.78, 5) is 29.7. The number of benzene rings is 1. The van der Waals surface area contributed by atoms with E-state index in [2.05, 4.69) is 15.2 Å². The minimum absolute atomic E-state index is 0.120. The lowest BCUT2D eigenvalue weighted by Crippen LogP contribution is -2.32. The maximum Gasteiger partial charge on any atom is 0.261 e. The summed E-state index contributed by atoms with van der Waals surface area (Å²) in [5, 5.41) is 3.34. The van der Waals surface area contributed by atoms with Crippen molar-refractivity contribution in [3.05, 3.63) is 68.6 Å². The van der Waals surface area contributed by atoms with Crippen LogP contribution >= 0.6 is 11.6 Å². The van der Waals surface area contributed by atoms with Crippen molar-refractivity contribution in [1.82, 2.24) is 15.2 Å². The molecular formula is C19H22ClN3O2. The van der Waals surface area contributed by atoms with E-state index in [9.17, 15) is 9.59 Å². The first-order valence-corrected chi connectivity index (χ1v) is 8.97. The van der Waals surface area contributed by atoms with Crippen LogP contribution in [-0.2, 0) is 13.1 Å². The molecular weight excluding hydrogens is 338 g/mol. The summed E-state index contributed by atoms with van der Waals surface area (Å²) in [6.45, 7) is 3.12. The summed E-state index contributed by atoms with van der Waals surface area (Å²) in [7, 11) is 0. The van der Waals surface area contributed by atoms with E-state index in [1.807, 2.05) is 24.3 Å². The number of carbonyl (C=O) groups excluding carboxylic acids is 1. The second-order valence-corrected chi connectivity index (χ2v) is 6.74. The highest BCUT2D eigenvalue weighted by Gasteiger charge is 2.14. The van der Waals surface area contributed by atoms with Crippen LogP contribution in [0.15, 0.2) is 41.2 Å². The van der Waals surface area contributed by atoms with Crippen LogP contribution < -0.4 is 10.9 Å². The maximum atomic E-state index is 12.3. The topological polar surface area (TPSA) is 65.2 Å². The molecule has 132 valence electrons. The van der Waals surface area contributed by atoms with Gasteiger partial charge in [-0.15, -0.1) is 0 Å². The van der Waals surface area contributed by atoms with Gasteiger partial charge in [0.1, 0.15) is 5.56 Å². The molecule has 1 amide bonds. The lowest BCUT2D eigenvalue weighted by Gasteiger charge is -2.26. The largest absolute Gasteiger partial charge is 0.348 e. The Bertz CT molecular complexity index is 797. The van der Waals surface area contributed by atoms with Crippen molar-refractivity contribution in [3.63, 3.8) is 0 Å². The molecule has 6 heteroatoms. The van der Waals surface area contributed by atoms with Gasteiger partial charge in [0.2, 0.25) is 0 Å². The molecule has 1 aliphatic heterocycles. The number of nitrogens with zero attached hydrogens (tertiary/aromatic N) is 1. The van der Waals surface area contributed by atoms with Crippen LogP contribution in [0.1, 0.15) is 40.9 Å². The number of rotatable bonds is 5. The second-order valence-electron chi connectivity index (χ2n) is 6.34. The van der Waals surface area contributed by atoms with Crippen molar-refractivity contribution in [2.24, 2.45) is 0 Å². The third-order valence-electron chi connectivity index (χ3n) is 4.45. The maximum absolute atomic E-state index is 12.3. The van der Waals surface area contributed by atoms with Gasteiger partial charge in [0.15, 0.2) is 0 Å². The van der Waals surface area contributed by atoms with Gasteiger partial charge in [-0.3, -0.25) is 14.5 Å². The highest BCUT2D eigenvalue weighted by Crippen LogP contribution is 2.14. The summed E-state index contributed by atoms with van der Waals surface area (Å²) in [5.41, 5.74) is 1.42. The molecule has 3 rings (SSSR count). The zero-order chi connectivity index (χ0) is 17.6. The van der Waals surface area contributed by atoms with Crippen LogP contribution in [0.25, 0.3) is 0 Å². The number of aromatic amines is 1. The summed E-state index contributed by atoms with van der Waals surface area (Å²) < 4.78 is 0. The van der Waals surface area contributed by atoms with Crippen molar-refractivity contribution in [2.75, 3.05) is 13.1 Å². The van der Waals surface area contributed by atoms with Crippen molar-refractivity contribution in [1.29, 1.82) is 0 Å². The number of hydrogen-bond donors (Lipinski definition) is 2. The lowest BCUT2D eigenvalue weighted by molar-refractivity contribution is 0.0949. The molecule has 1 aliphatic rings. The van der Waals surface area contributed by atoms with E-state index in [0.717, 1.165) is 30.9 Å². The Hall–Kier alpha value is -2.11. The number of aromatic nitrogens is 1. The van der Waals surface area contributed by atoms with Crippen LogP contribution in [-0.4, -0.2) is 28.9 Å². The predicted molar refractivity (Wildman–Crippen MR) is 98.8 cm³/mol. The summed E-state index contributed by atoms with van der Waals surface area (Å²) in [6.07, 6.45) is 3.68. The van der Waals surface area contributed by atoms with Crippen LogP contribution in [0, 0.1) is 0 Å². The highest BCUT2D eigenvalue weighted by atomic mass is 35.5. The van der Waals surface area contributed by atoms with Gasteiger partial charge in [-0.05, 0) is 49.7 Å². The molecule has 0 unspecified atom stereocenters. The van der Waals surface area contributed by atoms with Crippen LogP contribution in [0.2, 0.25) is 5.02 Å². The molecule has 2 heterocycles. The van der Waals surface area contributed by atoms with Crippen molar-refractivity contribution >= 4 is 17.5 Å². The Morgan fingerprint density at radius 3 is 2.60 bits per heavy atom. The van der Waals surface area contributed by atoms with Crippen molar-refractivity contribution < 1.29 is 4.79 Å².